The van der Waals surface area contributed by atoms with E-state index in [4.69, 9.17) is 4.74 Å². The highest BCUT2D eigenvalue weighted by molar-refractivity contribution is 5.78. The summed E-state index contributed by atoms with van der Waals surface area (Å²) in [7, 11) is 1.60. The first-order valence-corrected chi connectivity index (χ1v) is 9.31. The number of aromatic nitrogens is 2. The van der Waals surface area contributed by atoms with E-state index < -0.39 is 5.54 Å². The van der Waals surface area contributed by atoms with Crippen molar-refractivity contribution in [3.8, 4) is 6.07 Å². The van der Waals surface area contributed by atoms with Gasteiger partial charge in [-0.3, -0.25) is 9.59 Å². The Balaban J connectivity index is 2.17. The van der Waals surface area contributed by atoms with Crippen molar-refractivity contribution < 1.29 is 14.4 Å². The molecule has 2 rings (SSSR count). The predicted octanol–water partition coefficient (Wildman–Crippen LogP) is 0.00888. The lowest BCUT2D eigenvalue weighted by atomic mass is 9.90. The lowest BCUT2D eigenvalue weighted by molar-refractivity contribution is -0.907. The number of benzene rings is 1. The molecule has 0 aliphatic heterocycles. The molecule has 0 aliphatic carbocycles. The molecule has 1 amide bonds. The summed E-state index contributed by atoms with van der Waals surface area (Å²) < 4.78 is 5.15. The fourth-order valence-corrected chi connectivity index (χ4v) is 2.80. The summed E-state index contributed by atoms with van der Waals surface area (Å²) in [6.45, 7) is 7.02. The van der Waals surface area contributed by atoms with Crippen LogP contribution in [0.2, 0.25) is 0 Å². The van der Waals surface area contributed by atoms with Gasteiger partial charge in [0.15, 0.2) is 12.4 Å². The fourth-order valence-electron chi connectivity index (χ4n) is 2.80. The van der Waals surface area contributed by atoms with Crippen LogP contribution in [0.15, 0.2) is 29.1 Å². The van der Waals surface area contributed by atoms with E-state index in [0.29, 0.717) is 36.4 Å². The predicted molar refractivity (Wildman–Crippen MR) is 106 cm³/mol. The normalized spacial score (nSPS) is 14.4. The smallest absolute Gasteiger partial charge is 0.276 e. The van der Waals surface area contributed by atoms with Gasteiger partial charge in [-0.2, -0.15) is 5.26 Å². The Morgan fingerprint density at radius 2 is 2.14 bits per heavy atom. The molecule has 0 aliphatic rings. The molecule has 150 valence electrons. The lowest BCUT2D eigenvalue weighted by Gasteiger charge is -2.28. The number of H-pyrrole nitrogens is 1. The minimum Gasteiger partial charge on any atom is -0.379 e. The molecule has 3 N–H and O–H groups in total. The maximum absolute atomic E-state index is 12.5. The third-order valence-electron chi connectivity index (χ3n) is 4.94. The van der Waals surface area contributed by atoms with E-state index in [2.05, 4.69) is 21.4 Å². The summed E-state index contributed by atoms with van der Waals surface area (Å²) in [5, 5.41) is 12.8. The molecule has 8 nitrogen and oxygen atoms in total. The number of nitriles is 1. The molecule has 8 heteroatoms. The Bertz CT molecular complexity index is 918. The number of carbonyl (C=O) groups excluding carboxylic acids is 1. The van der Waals surface area contributed by atoms with E-state index in [0.717, 1.165) is 4.90 Å². The average molecular weight is 386 g/mol. The minimum atomic E-state index is -0.932. The second kappa shape index (κ2) is 9.44. The highest BCUT2D eigenvalue weighted by Gasteiger charge is 2.31. The molecule has 1 unspecified atom stereocenters. The van der Waals surface area contributed by atoms with Crippen molar-refractivity contribution in [2.45, 2.75) is 32.9 Å². The van der Waals surface area contributed by atoms with Crippen molar-refractivity contribution >= 4 is 16.8 Å². The number of carbonyl (C=O) groups is 1. The molecule has 28 heavy (non-hydrogen) atoms. The van der Waals surface area contributed by atoms with Crippen LogP contribution in [0.4, 0.5) is 0 Å². The molecule has 1 aromatic heterocycles. The largest absolute Gasteiger partial charge is 0.379 e. The van der Waals surface area contributed by atoms with Crippen LogP contribution in [0.1, 0.15) is 26.6 Å². The van der Waals surface area contributed by atoms with E-state index in [1.165, 1.54) is 0 Å². The van der Waals surface area contributed by atoms with Crippen molar-refractivity contribution in [3.63, 3.8) is 0 Å². The van der Waals surface area contributed by atoms with Gasteiger partial charge in [0.25, 0.3) is 11.5 Å². The van der Waals surface area contributed by atoms with Crippen molar-refractivity contribution in [1.29, 1.82) is 5.26 Å². The zero-order valence-electron chi connectivity index (χ0n) is 16.8. The molecule has 0 spiro atoms. The molecular formula is C20H28N5O3+. The summed E-state index contributed by atoms with van der Waals surface area (Å²) in [5.41, 5.74) is -0.513. The number of fused-ring (bicyclic) bond motifs is 1. The third-order valence-corrected chi connectivity index (χ3v) is 4.94. The summed E-state index contributed by atoms with van der Waals surface area (Å²) in [6, 6.07) is 9.31. The second-order valence-electron chi connectivity index (χ2n) is 7.39. The zero-order chi connectivity index (χ0) is 20.7. The molecule has 0 radical (unpaired) electrons. The topological polar surface area (TPSA) is 112 Å². The maximum Gasteiger partial charge on any atom is 0.276 e. The van der Waals surface area contributed by atoms with E-state index in [9.17, 15) is 14.9 Å². The van der Waals surface area contributed by atoms with Gasteiger partial charge in [-0.25, -0.2) is 4.98 Å². The molecule has 2 aromatic rings. The van der Waals surface area contributed by atoms with Crippen LogP contribution in [0.5, 0.6) is 0 Å². The first-order chi connectivity index (χ1) is 13.3. The number of quaternary nitrogens is 1. The summed E-state index contributed by atoms with van der Waals surface area (Å²) >= 11 is 0. The highest BCUT2D eigenvalue weighted by atomic mass is 16.5. The maximum atomic E-state index is 12.5. The molecule has 0 saturated heterocycles. The van der Waals surface area contributed by atoms with Crippen LogP contribution in [0, 0.1) is 17.2 Å². The zero-order valence-corrected chi connectivity index (χ0v) is 16.8. The molecule has 0 saturated carbocycles. The minimum absolute atomic E-state index is 0.0256. The van der Waals surface area contributed by atoms with E-state index in [-0.39, 0.29) is 23.9 Å². The van der Waals surface area contributed by atoms with Gasteiger partial charge in [0.1, 0.15) is 18.6 Å². The Kier molecular flexibility index (Phi) is 7.26. The van der Waals surface area contributed by atoms with Gasteiger partial charge < -0.3 is 19.9 Å². The summed E-state index contributed by atoms with van der Waals surface area (Å²) in [4.78, 5) is 33.0. The van der Waals surface area contributed by atoms with Crippen molar-refractivity contribution in [2.75, 3.05) is 26.8 Å². The van der Waals surface area contributed by atoms with Crippen LogP contribution >= 0.6 is 0 Å². The average Bonchev–Trinajstić information content (AvgIpc) is 2.65. The van der Waals surface area contributed by atoms with E-state index in [1.54, 1.807) is 32.2 Å². The quantitative estimate of drug-likeness (QED) is 0.562. The van der Waals surface area contributed by atoms with E-state index in [1.807, 2.05) is 19.9 Å². The number of methoxy groups -OCH3 is 1. The summed E-state index contributed by atoms with van der Waals surface area (Å²) in [6.07, 6.45) is 0. The molecule has 0 bridgehead atoms. The molecule has 0 fully saturated rings. The van der Waals surface area contributed by atoms with Gasteiger partial charge in [-0.1, -0.05) is 26.0 Å². The highest BCUT2D eigenvalue weighted by Crippen LogP contribution is 2.14. The number of nitrogens with zero attached hydrogens (tertiary/aromatic N) is 2. The van der Waals surface area contributed by atoms with Gasteiger partial charge >= 0.3 is 0 Å². The van der Waals surface area contributed by atoms with Crippen LogP contribution in [-0.2, 0) is 16.1 Å². The SMILES string of the molecule is COCC[NH+](CC(=O)N[C@@](C)(C#N)C(C)C)Cc1nc2ccccc2c(=O)[nH]1. The van der Waals surface area contributed by atoms with Crippen LogP contribution in [0.3, 0.4) is 0 Å². The number of para-hydroxylation sites is 1. The number of ether oxygens (including phenoxy) is 1. The van der Waals surface area contributed by atoms with Crippen molar-refractivity contribution in [2.24, 2.45) is 5.92 Å². The molecule has 2 atom stereocenters. The van der Waals surface area contributed by atoms with Crippen molar-refractivity contribution in [1.82, 2.24) is 15.3 Å². The number of nitrogens with one attached hydrogen (secondary N) is 3. The number of hydrogen-bond acceptors (Lipinski definition) is 5. The van der Waals surface area contributed by atoms with Gasteiger partial charge in [-0.05, 0) is 25.0 Å². The summed E-state index contributed by atoms with van der Waals surface area (Å²) in [5.74, 6) is 0.254. The number of rotatable bonds is 9. The first-order valence-electron chi connectivity index (χ1n) is 9.31. The monoisotopic (exact) mass is 386 g/mol. The number of aromatic amines is 1. The van der Waals surface area contributed by atoms with Gasteiger partial charge in [-0.15, -0.1) is 0 Å². The van der Waals surface area contributed by atoms with Gasteiger partial charge in [0.05, 0.1) is 23.6 Å². The Morgan fingerprint density at radius 1 is 1.43 bits per heavy atom. The molecule has 1 heterocycles. The number of amides is 1. The Morgan fingerprint density at radius 3 is 2.79 bits per heavy atom. The van der Waals surface area contributed by atoms with Gasteiger partial charge in [0, 0.05) is 7.11 Å². The first kappa shape index (κ1) is 21.5. The van der Waals surface area contributed by atoms with Gasteiger partial charge in [0.2, 0.25) is 0 Å². The van der Waals surface area contributed by atoms with Crippen molar-refractivity contribution in [3.05, 3.63) is 40.4 Å². The molecule has 1 aromatic carbocycles. The third kappa shape index (κ3) is 5.38. The van der Waals surface area contributed by atoms with Crippen LogP contribution < -0.4 is 15.8 Å². The second-order valence-corrected chi connectivity index (χ2v) is 7.39. The fraction of sp³-hybridized carbons (Fsp3) is 0.500. The lowest BCUT2D eigenvalue weighted by Crippen LogP contribution is -3.12. The Hall–Kier alpha value is -2.76. The standard InChI is InChI=1S/C20H27N5O3/c1-14(2)20(3,13-21)24-18(26)12-25(9-10-28-4)11-17-22-16-8-6-5-7-15(16)19(27)23-17/h5-8,14H,9-12H2,1-4H3,(H,24,26)(H,22,23,27)/p+1/t20-/m0/s1. The van der Waals surface area contributed by atoms with E-state index >= 15 is 0 Å². The Labute approximate surface area is 164 Å². The molecular weight excluding hydrogens is 358 g/mol. The van der Waals surface area contributed by atoms with Crippen LogP contribution in [-0.4, -0.2) is 48.2 Å². The van der Waals surface area contributed by atoms with Crippen LogP contribution in [0.25, 0.3) is 10.9 Å². The number of hydrogen-bond donors (Lipinski definition) is 3.